The van der Waals surface area contributed by atoms with Crippen LogP contribution in [0.3, 0.4) is 0 Å². The molecule has 1 fully saturated rings. The van der Waals surface area contributed by atoms with Gasteiger partial charge in [-0.3, -0.25) is 0 Å². The maximum Gasteiger partial charge on any atom is 0.125 e. The number of methoxy groups -OCH3 is 1. The van der Waals surface area contributed by atoms with E-state index in [1.165, 1.54) is 31.2 Å². The van der Waals surface area contributed by atoms with E-state index >= 15 is 0 Å². The predicted octanol–water partition coefficient (Wildman–Crippen LogP) is 2.98. The van der Waals surface area contributed by atoms with Crippen molar-refractivity contribution in [2.75, 3.05) is 34.3 Å². The lowest BCUT2D eigenvalue weighted by molar-refractivity contribution is 0.0364. The van der Waals surface area contributed by atoms with Crippen LogP contribution in [0.1, 0.15) is 43.7 Å². The van der Waals surface area contributed by atoms with E-state index in [-0.39, 0.29) is 5.60 Å². The van der Waals surface area contributed by atoms with Gasteiger partial charge in [-0.25, -0.2) is 0 Å². The monoisotopic (exact) mass is 304 g/mol. The summed E-state index contributed by atoms with van der Waals surface area (Å²) in [5.74, 6) is 1.94. The van der Waals surface area contributed by atoms with Crippen LogP contribution in [0.15, 0.2) is 18.2 Å². The Morgan fingerprint density at radius 2 is 2.09 bits per heavy atom. The summed E-state index contributed by atoms with van der Waals surface area (Å²) in [6.45, 7) is 2.04. The predicted molar refractivity (Wildman–Crippen MR) is 88.7 cm³/mol. The molecule has 122 valence electrons. The summed E-state index contributed by atoms with van der Waals surface area (Å²) in [6, 6.07) is 6.57. The SMILES string of the molecule is COc1ccc2c(c1)C(NCCN(C)C)CC1(CCCC1)O2. The van der Waals surface area contributed by atoms with Crippen molar-refractivity contribution >= 4 is 0 Å². The molecule has 1 aliphatic heterocycles. The van der Waals surface area contributed by atoms with Crippen molar-refractivity contribution in [2.45, 2.75) is 43.7 Å². The zero-order chi connectivity index (χ0) is 15.6. The highest BCUT2D eigenvalue weighted by atomic mass is 16.5. The number of benzene rings is 1. The van der Waals surface area contributed by atoms with Gasteiger partial charge in [0.2, 0.25) is 0 Å². The standard InChI is InChI=1S/C18H28N2O2/c1-20(2)11-10-19-16-13-18(8-4-5-9-18)22-17-7-6-14(21-3)12-15(16)17/h6-7,12,16,19H,4-5,8-11,13H2,1-3H3. The summed E-state index contributed by atoms with van der Waals surface area (Å²) < 4.78 is 11.8. The van der Waals surface area contributed by atoms with Gasteiger partial charge in [0.25, 0.3) is 0 Å². The fraction of sp³-hybridized carbons (Fsp3) is 0.667. The van der Waals surface area contributed by atoms with Crippen molar-refractivity contribution < 1.29 is 9.47 Å². The van der Waals surface area contributed by atoms with Crippen LogP contribution >= 0.6 is 0 Å². The van der Waals surface area contributed by atoms with Crippen molar-refractivity contribution in [3.05, 3.63) is 23.8 Å². The number of nitrogens with one attached hydrogen (secondary N) is 1. The van der Waals surface area contributed by atoms with Crippen LogP contribution in [0.4, 0.5) is 0 Å². The molecule has 3 rings (SSSR count). The molecule has 1 atom stereocenters. The van der Waals surface area contributed by atoms with Crippen LogP contribution in [0, 0.1) is 0 Å². The molecule has 1 N–H and O–H groups in total. The Hall–Kier alpha value is -1.26. The number of rotatable bonds is 5. The van der Waals surface area contributed by atoms with Crippen molar-refractivity contribution in [3.63, 3.8) is 0 Å². The van der Waals surface area contributed by atoms with Crippen molar-refractivity contribution in [1.82, 2.24) is 10.2 Å². The zero-order valence-corrected chi connectivity index (χ0v) is 14.0. The van der Waals surface area contributed by atoms with Gasteiger partial charge in [-0.2, -0.15) is 0 Å². The van der Waals surface area contributed by atoms with Crippen LogP contribution in [-0.4, -0.2) is 44.8 Å². The number of nitrogens with zero attached hydrogens (tertiary/aromatic N) is 1. The molecular formula is C18H28N2O2. The van der Waals surface area contributed by atoms with Crippen LogP contribution in [0.25, 0.3) is 0 Å². The van der Waals surface area contributed by atoms with Gasteiger partial charge < -0.3 is 19.7 Å². The first-order valence-corrected chi connectivity index (χ1v) is 8.37. The average Bonchev–Trinajstić information content (AvgIpc) is 2.94. The average molecular weight is 304 g/mol. The summed E-state index contributed by atoms with van der Waals surface area (Å²) in [7, 11) is 5.94. The fourth-order valence-corrected chi connectivity index (χ4v) is 3.75. The Balaban J connectivity index is 1.82. The third-order valence-electron chi connectivity index (χ3n) is 4.96. The fourth-order valence-electron chi connectivity index (χ4n) is 3.75. The molecule has 2 aliphatic rings. The Kier molecular flexibility index (Phi) is 4.59. The van der Waals surface area contributed by atoms with Crippen LogP contribution in [-0.2, 0) is 0 Å². The summed E-state index contributed by atoms with van der Waals surface area (Å²) in [4.78, 5) is 2.21. The molecule has 0 amide bonds. The van der Waals surface area contributed by atoms with Crippen LogP contribution < -0.4 is 14.8 Å². The highest BCUT2D eigenvalue weighted by molar-refractivity contribution is 5.44. The maximum absolute atomic E-state index is 6.43. The smallest absolute Gasteiger partial charge is 0.125 e. The van der Waals surface area contributed by atoms with Gasteiger partial charge in [-0.05, 0) is 58.0 Å². The second kappa shape index (κ2) is 6.47. The lowest BCUT2D eigenvalue weighted by Gasteiger charge is -2.40. The molecular weight excluding hydrogens is 276 g/mol. The molecule has 1 saturated carbocycles. The molecule has 0 radical (unpaired) electrons. The van der Waals surface area contributed by atoms with Gasteiger partial charge in [0, 0.05) is 31.1 Å². The van der Waals surface area contributed by atoms with Gasteiger partial charge in [-0.15, -0.1) is 0 Å². The van der Waals surface area contributed by atoms with Crippen molar-refractivity contribution in [3.8, 4) is 11.5 Å². The molecule has 1 spiro atoms. The first-order chi connectivity index (χ1) is 10.6. The van der Waals surface area contributed by atoms with Gasteiger partial charge in [-0.1, -0.05) is 0 Å². The molecule has 1 aromatic carbocycles. The van der Waals surface area contributed by atoms with E-state index in [2.05, 4.69) is 36.4 Å². The van der Waals surface area contributed by atoms with E-state index in [9.17, 15) is 0 Å². The minimum absolute atomic E-state index is 0.0529. The number of fused-ring (bicyclic) bond motifs is 1. The normalized spacial score (nSPS) is 22.6. The summed E-state index contributed by atoms with van der Waals surface area (Å²) >= 11 is 0. The molecule has 22 heavy (non-hydrogen) atoms. The van der Waals surface area contributed by atoms with Gasteiger partial charge in [0.15, 0.2) is 0 Å². The Bertz CT molecular complexity index is 510. The third-order valence-corrected chi connectivity index (χ3v) is 4.96. The highest BCUT2D eigenvalue weighted by Crippen LogP contribution is 2.47. The molecule has 4 nitrogen and oxygen atoms in total. The second-order valence-electron chi connectivity index (χ2n) is 6.91. The number of ether oxygens (including phenoxy) is 2. The molecule has 1 unspecified atom stereocenters. The van der Waals surface area contributed by atoms with E-state index in [1.54, 1.807) is 7.11 Å². The Labute approximate surface area is 133 Å². The Morgan fingerprint density at radius 1 is 1.32 bits per heavy atom. The Morgan fingerprint density at radius 3 is 2.77 bits per heavy atom. The van der Waals surface area contributed by atoms with Crippen LogP contribution in [0.5, 0.6) is 11.5 Å². The van der Waals surface area contributed by atoms with Crippen LogP contribution in [0.2, 0.25) is 0 Å². The molecule has 1 aliphatic carbocycles. The topological polar surface area (TPSA) is 33.7 Å². The largest absolute Gasteiger partial charge is 0.497 e. The maximum atomic E-state index is 6.43. The van der Waals surface area contributed by atoms with E-state index in [0.29, 0.717) is 6.04 Å². The lowest BCUT2D eigenvalue weighted by atomic mass is 9.86. The summed E-state index contributed by atoms with van der Waals surface area (Å²) in [6.07, 6.45) is 6.01. The molecule has 0 aromatic heterocycles. The van der Waals surface area contributed by atoms with E-state index in [1.807, 2.05) is 6.07 Å². The number of hydrogen-bond acceptors (Lipinski definition) is 4. The lowest BCUT2D eigenvalue weighted by Crippen LogP contribution is -2.43. The number of hydrogen-bond donors (Lipinski definition) is 1. The second-order valence-corrected chi connectivity index (χ2v) is 6.91. The third kappa shape index (κ3) is 3.23. The summed E-state index contributed by atoms with van der Waals surface area (Å²) in [5.41, 5.74) is 1.30. The first-order valence-electron chi connectivity index (χ1n) is 8.37. The quantitative estimate of drug-likeness (QED) is 0.907. The van der Waals surface area contributed by atoms with Gasteiger partial charge in [0.05, 0.1) is 7.11 Å². The summed E-state index contributed by atoms with van der Waals surface area (Å²) in [5, 5.41) is 3.73. The molecule has 0 saturated heterocycles. The number of likely N-dealkylation sites (N-methyl/N-ethyl adjacent to an activating group) is 1. The van der Waals surface area contributed by atoms with E-state index in [0.717, 1.165) is 31.0 Å². The molecule has 4 heteroatoms. The van der Waals surface area contributed by atoms with Gasteiger partial charge >= 0.3 is 0 Å². The van der Waals surface area contributed by atoms with Crippen molar-refractivity contribution in [2.24, 2.45) is 0 Å². The molecule has 1 heterocycles. The minimum Gasteiger partial charge on any atom is -0.497 e. The molecule has 1 aromatic rings. The van der Waals surface area contributed by atoms with E-state index in [4.69, 9.17) is 9.47 Å². The zero-order valence-electron chi connectivity index (χ0n) is 14.0. The van der Waals surface area contributed by atoms with E-state index < -0.39 is 0 Å². The van der Waals surface area contributed by atoms with Crippen molar-refractivity contribution in [1.29, 1.82) is 0 Å². The molecule has 0 bridgehead atoms. The highest BCUT2D eigenvalue weighted by Gasteiger charge is 2.43. The minimum atomic E-state index is 0.0529. The van der Waals surface area contributed by atoms with Gasteiger partial charge in [0.1, 0.15) is 17.1 Å². The first kappa shape index (κ1) is 15.6.